The van der Waals surface area contributed by atoms with Crippen LogP contribution in [0.4, 0.5) is 0 Å². The average Bonchev–Trinajstić information content (AvgIpc) is 2.61. The van der Waals surface area contributed by atoms with Crippen molar-refractivity contribution in [3.05, 3.63) is 29.8 Å². The van der Waals surface area contributed by atoms with Gasteiger partial charge >= 0.3 is 0 Å². The van der Waals surface area contributed by atoms with Crippen LogP contribution in [0.1, 0.15) is 58.4 Å². The quantitative estimate of drug-likeness (QED) is 0.225. The van der Waals surface area contributed by atoms with Gasteiger partial charge in [0.05, 0.1) is 25.0 Å². The molecule has 0 N–H and O–H groups in total. The number of unbranched alkanes of at least 4 members (excludes halogenated alkanes) is 4. The molecular weight excluding hydrogens is 366 g/mol. The molecule has 1 aromatic rings. The van der Waals surface area contributed by atoms with E-state index in [-0.39, 0.29) is 4.90 Å². The highest BCUT2D eigenvalue weighted by Gasteiger charge is 2.15. The van der Waals surface area contributed by atoms with E-state index in [2.05, 4.69) is 39.6 Å². The van der Waals surface area contributed by atoms with Crippen LogP contribution in [0.5, 0.6) is 0 Å². The molecule has 0 radical (unpaired) electrons. The number of aryl methyl sites for hydroxylation is 1. The number of quaternary nitrogens is 1. The van der Waals surface area contributed by atoms with Crippen LogP contribution in [-0.4, -0.2) is 49.2 Å². The summed E-state index contributed by atoms with van der Waals surface area (Å²) in [5.41, 5.74) is 0.928. The van der Waals surface area contributed by atoms with Gasteiger partial charge in [-0.25, -0.2) is 8.42 Å². The first-order valence-electron chi connectivity index (χ1n) is 9.62. The van der Waals surface area contributed by atoms with E-state index in [1.165, 1.54) is 73.4 Å². The Labute approximate surface area is 165 Å². The SMILES string of the molecule is CCCCCCCSC[N+](C)(CC)CC.Cc1ccc(S(=O)(=O)[O-])cc1. The molecule has 1 rings (SSSR count). The number of rotatable bonds is 11. The Hall–Kier alpha value is -0.560. The highest BCUT2D eigenvalue weighted by molar-refractivity contribution is 7.99. The molecule has 0 saturated carbocycles. The minimum Gasteiger partial charge on any atom is -0.744 e. The van der Waals surface area contributed by atoms with Gasteiger partial charge < -0.3 is 9.04 Å². The molecule has 0 atom stereocenters. The largest absolute Gasteiger partial charge is 0.744 e. The van der Waals surface area contributed by atoms with Crippen molar-refractivity contribution in [2.75, 3.05) is 31.8 Å². The van der Waals surface area contributed by atoms with Crippen molar-refractivity contribution in [1.82, 2.24) is 0 Å². The third kappa shape index (κ3) is 11.9. The normalized spacial score (nSPS) is 11.8. The van der Waals surface area contributed by atoms with Crippen LogP contribution in [0.25, 0.3) is 0 Å². The number of benzene rings is 1. The van der Waals surface area contributed by atoms with Crippen LogP contribution in [0.15, 0.2) is 29.2 Å². The molecule has 0 aromatic heterocycles. The van der Waals surface area contributed by atoms with Crippen LogP contribution in [0.3, 0.4) is 0 Å². The Morgan fingerprint density at radius 3 is 1.96 bits per heavy atom. The van der Waals surface area contributed by atoms with E-state index in [9.17, 15) is 13.0 Å². The van der Waals surface area contributed by atoms with Crippen molar-refractivity contribution in [3.63, 3.8) is 0 Å². The van der Waals surface area contributed by atoms with Gasteiger partial charge in [-0.3, -0.25) is 0 Å². The van der Waals surface area contributed by atoms with Crippen molar-refractivity contribution in [3.8, 4) is 0 Å². The fourth-order valence-electron chi connectivity index (χ4n) is 2.20. The zero-order valence-electron chi connectivity index (χ0n) is 17.2. The molecule has 4 nitrogen and oxygen atoms in total. The standard InChI is InChI=1S/C13H30NS.C7H8O3S/c1-5-8-9-10-11-12-15-13-14(4,6-2)7-3;1-6-2-4-7(5-3-6)11(8,9)10/h5-13H2,1-4H3;2-5H,1H3,(H,8,9,10)/q+1;/p-1. The first kappa shape index (κ1) is 25.4. The molecule has 26 heavy (non-hydrogen) atoms. The average molecular weight is 404 g/mol. The van der Waals surface area contributed by atoms with Crippen molar-refractivity contribution in [2.45, 2.75) is 64.7 Å². The minimum atomic E-state index is -4.27. The predicted octanol–water partition coefficient (Wildman–Crippen LogP) is 5.03. The maximum Gasteiger partial charge on any atom is 0.125 e. The van der Waals surface area contributed by atoms with Crippen LogP contribution in [0, 0.1) is 6.92 Å². The lowest BCUT2D eigenvalue weighted by molar-refractivity contribution is -0.893. The number of hydrogen-bond acceptors (Lipinski definition) is 4. The molecular formula is C20H37NO3S2. The Morgan fingerprint density at radius 1 is 0.962 bits per heavy atom. The van der Waals surface area contributed by atoms with E-state index in [1.807, 2.05) is 6.92 Å². The molecule has 152 valence electrons. The van der Waals surface area contributed by atoms with Gasteiger partial charge in [0.1, 0.15) is 16.0 Å². The molecule has 6 heteroatoms. The summed E-state index contributed by atoms with van der Waals surface area (Å²) in [6.07, 6.45) is 7.06. The maximum atomic E-state index is 10.4. The maximum absolute atomic E-state index is 10.4. The summed E-state index contributed by atoms with van der Waals surface area (Å²) in [6.45, 7) is 11.2. The Morgan fingerprint density at radius 2 is 1.50 bits per heavy atom. The second-order valence-corrected chi connectivity index (χ2v) is 9.43. The lowest BCUT2D eigenvalue weighted by Crippen LogP contribution is -2.43. The highest BCUT2D eigenvalue weighted by atomic mass is 32.2. The van der Waals surface area contributed by atoms with Crippen molar-refractivity contribution in [2.24, 2.45) is 0 Å². The fourth-order valence-corrected chi connectivity index (χ4v) is 4.02. The second-order valence-electron chi connectivity index (χ2n) is 6.97. The van der Waals surface area contributed by atoms with Gasteiger partial charge in [0, 0.05) is 0 Å². The number of hydrogen-bond donors (Lipinski definition) is 0. The molecule has 0 fully saturated rings. The van der Waals surface area contributed by atoms with Crippen LogP contribution in [0.2, 0.25) is 0 Å². The van der Waals surface area contributed by atoms with Gasteiger partial charge in [0.2, 0.25) is 0 Å². The second kappa shape index (κ2) is 13.6. The summed E-state index contributed by atoms with van der Waals surface area (Å²) in [7, 11) is -1.90. The van der Waals surface area contributed by atoms with Crippen molar-refractivity contribution >= 4 is 21.9 Å². The summed E-state index contributed by atoms with van der Waals surface area (Å²) < 4.78 is 32.4. The first-order chi connectivity index (χ1) is 12.2. The summed E-state index contributed by atoms with van der Waals surface area (Å²) >= 11 is 2.14. The van der Waals surface area contributed by atoms with Crippen molar-refractivity contribution < 1.29 is 17.5 Å². The first-order valence-corrected chi connectivity index (χ1v) is 12.2. The fraction of sp³-hybridized carbons (Fsp3) is 0.700. The molecule has 0 aliphatic heterocycles. The zero-order chi connectivity index (χ0) is 20.1. The van der Waals surface area contributed by atoms with E-state index < -0.39 is 10.1 Å². The Kier molecular flexibility index (Phi) is 13.3. The molecule has 0 heterocycles. The zero-order valence-corrected chi connectivity index (χ0v) is 18.8. The molecule has 0 amide bonds. The lowest BCUT2D eigenvalue weighted by Gasteiger charge is -2.31. The summed E-state index contributed by atoms with van der Waals surface area (Å²) in [5, 5.41) is 0. The monoisotopic (exact) mass is 403 g/mol. The summed E-state index contributed by atoms with van der Waals surface area (Å²) in [4.78, 5) is -0.178. The number of nitrogens with zero attached hydrogens (tertiary/aromatic N) is 1. The van der Waals surface area contributed by atoms with Crippen LogP contribution < -0.4 is 0 Å². The summed E-state index contributed by atoms with van der Waals surface area (Å²) in [5.74, 6) is 2.65. The third-order valence-electron chi connectivity index (χ3n) is 4.63. The molecule has 0 unspecified atom stereocenters. The highest BCUT2D eigenvalue weighted by Crippen LogP contribution is 2.14. The molecule has 0 saturated heterocycles. The van der Waals surface area contributed by atoms with E-state index in [0.29, 0.717) is 0 Å². The molecule has 0 aliphatic carbocycles. The predicted molar refractivity (Wildman–Crippen MR) is 112 cm³/mol. The smallest absolute Gasteiger partial charge is 0.125 e. The van der Waals surface area contributed by atoms with Crippen LogP contribution in [-0.2, 0) is 10.1 Å². The molecule has 1 aromatic carbocycles. The van der Waals surface area contributed by atoms with E-state index >= 15 is 0 Å². The van der Waals surface area contributed by atoms with Gasteiger partial charge in [-0.1, -0.05) is 50.3 Å². The minimum absolute atomic E-state index is 0.178. The lowest BCUT2D eigenvalue weighted by atomic mass is 10.2. The molecule has 0 spiro atoms. The molecule has 0 aliphatic rings. The van der Waals surface area contributed by atoms with Crippen LogP contribution >= 0.6 is 11.8 Å². The number of thioether (sulfide) groups is 1. The van der Waals surface area contributed by atoms with Crippen molar-refractivity contribution in [1.29, 1.82) is 0 Å². The van der Waals surface area contributed by atoms with Gasteiger partial charge in [-0.2, -0.15) is 0 Å². The summed E-state index contributed by atoms with van der Waals surface area (Å²) in [6, 6.07) is 5.78. The Bertz CT molecular complexity index is 567. The van der Waals surface area contributed by atoms with Gasteiger partial charge in [-0.05, 0) is 45.1 Å². The van der Waals surface area contributed by atoms with Gasteiger partial charge in [0.25, 0.3) is 0 Å². The van der Waals surface area contributed by atoms with Gasteiger partial charge in [0.15, 0.2) is 0 Å². The third-order valence-corrected chi connectivity index (χ3v) is 6.86. The topological polar surface area (TPSA) is 57.2 Å². The molecule has 0 bridgehead atoms. The van der Waals surface area contributed by atoms with E-state index in [0.717, 1.165) is 5.56 Å². The Balaban J connectivity index is 0.000000502. The van der Waals surface area contributed by atoms with E-state index in [1.54, 1.807) is 12.1 Å². The van der Waals surface area contributed by atoms with Gasteiger partial charge in [-0.15, -0.1) is 11.8 Å². The van der Waals surface area contributed by atoms with E-state index in [4.69, 9.17) is 0 Å².